The van der Waals surface area contributed by atoms with E-state index in [0.717, 1.165) is 0 Å². The van der Waals surface area contributed by atoms with Crippen LogP contribution in [0.2, 0.25) is 0 Å². The van der Waals surface area contributed by atoms with Crippen molar-refractivity contribution in [3.05, 3.63) is 47.4 Å². The Kier molecular flexibility index (Phi) is 1.91. The molecule has 1 heterocycles. The Labute approximate surface area is 84.8 Å². The SMILES string of the molecule is [CH]1C(C2CCCN2)=Cc2ccccc21. The smallest absolute Gasteiger partial charge is 0.0289 e. The second-order valence-corrected chi connectivity index (χ2v) is 4.07. The number of fused-ring (bicyclic) bond motifs is 1. The Morgan fingerprint density at radius 2 is 2.00 bits per heavy atom. The summed E-state index contributed by atoms with van der Waals surface area (Å²) in [6.07, 6.45) is 7.24. The fraction of sp³-hybridized carbons (Fsp3) is 0.308. The summed E-state index contributed by atoms with van der Waals surface area (Å²) in [5.74, 6) is 0. The molecule has 1 saturated heterocycles. The molecular weight excluding hydrogens is 170 g/mol. The maximum atomic E-state index is 3.53. The number of hydrogen-bond donors (Lipinski definition) is 1. The van der Waals surface area contributed by atoms with Crippen molar-refractivity contribution in [1.29, 1.82) is 0 Å². The highest BCUT2D eigenvalue weighted by molar-refractivity contribution is 5.70. The molecule has 71 valence electrons. The molecule has 1 heteroatoms. The predicted octanol–water partition coefficient (Wildman–Crippen LogP) is 2.39. The van der Waals surface area contributed by atoms with E-state index in [9.17, 15) is 0 Å². The lowest BCUT2D eigenvalue weighted by atomic mass is 10.0. The van der Waals surface area contributed by atoms with E-state index in [1.54, 1.807) is 0 Å². The molecule has 0 saturated carbocycles. The third kappa shape index (κ3) is 1.28. The summed E-state index contributed by atoms with van der Waals surface area (Å²) in [6.45, 7) is 1.17. The monoisotopic (exact) mass is 184 g/mol. The van der Waals surface area contributed by atoms with Gasteiger partial charge in [-0.15, -0.1) is 0 Å². The van der Waals surface area contributed by atoms with Crippen molar-refractivity contribution in [2.24, 2.45) is 0 Å². The van der Waals surface area contributed by atoms with Gasteiger partial charge in [-0.25, -0.2) is 0 Å². The highest BCUT2D eigenvalue weighted by atomic mass is 14.9. The molecule has 1 fully saturated rings. The molecule has 14 heavy (non-hydrogen) atoms. The number of hydrogen-bond acceptors (Lipinski definition) is 1. The minimum atomic E-state index is 0.599. The first-order valence-corrected chi connectivity index (χ1v) is 5.32. The first-order valence-electron chi connectivity index (χ1n) is 5.32. The molecule has 1 aromatic carbocycles. The predicted molar refractivity (Wildman–Crippen MR) is 58.8 cm³/mol. The zero-order valence-corrected chi connectivity index (χ0v) is 8.16. The van der Waals surface area contributed by atoms with E-state index in [0.29, 0.717) is 6.04 Å². The standard InChI is InChI=1S/C13H14N/c1-2-5-11-9-12(8-10(11)4-1)13-6-3-7-14-13/h1-2,4-5,8-9,13-14H,3,6-7H2. The molecule has 0 amide bonds. The average molecular weight is 184 g/mol. The molecule has 3 rings (SSSR count). The van der Waals surface area contributed by atoms with Crippen molar-refractivity contribution in [1.82, 2.24) is 5.32 Å². The van der Waals surface area contributed by atoms with Crippen LogP contribution in [0.3, 0.4) is 0 Å². The second-order valence-electron chi connectivity index (χ2n) is 4.07. The van der Waals surface area contributed by atoms with Crippen LogP contribution in [0.5, 0.6) is 0 Å². The van der Waals surface area contributed by atoms with Crippen LogP contribution in [0.1, 0.15) is 24.0 Å². The minimum Gasteiger partial charge on any atom is -0.310 e. The summed E-state index contributed by atoms with van der Waals surface area (Å²) < 4.78 is 0. The average Bonchev–Trinajstić information content (AvgIpc) is 2.86. The van der Waals surface area contributed by atoms with Crippen LogP contribution in [0.25, 0.3) is 6.08 Å². The van der Waals surface area contributed by atoms with Gasteiger partial charge in [-0.3, -0.25) is 0 Å². The topological polar surface area (TPSA) is 12.0 Å². The normalized spacial score (nSPS) is 24.9. The molecule has 1 aliphatic carbocycles. The molecule has 1 N–H and O–H groups in total. The Morgan fingerprint density at radius 3 is 2.71 bits per heavy atom. The van der Waals surface area contributed by atoms with Gasteiger partial charge >= 0.3 is 0 Å². The number of rotatable bonds is 1. The Bertz CT molecular complexity index is 373. The Hall–Kier alpha value is -1.08. The number of benzene rings is 1. The van der Waals surface area contributed by atoms with E-state index in [4.69, 9.17) is 0 Å². The fourth-order valence-electron chi connectivity index (χ4n) is 2.34. The molecule has 0 spiro atoms. The van der Waals surface area contributed by atoms with Crippen LogP contribution in [-0.2, 0) is 0 Å². The molecule has 2 aliphatic rings. The van der Waals surface area contributed by atoms with Gasteiger partial charge in [-0.05, 0) is 36.1 Å². The molecule has 1 nitrogen and oxygen atoms in total. The van der Waals surface area contributed by atoms with E-state index in [1.807, 2.05) is 0 Å². The van der Waals surface area contributed by atoms with E-state index in [1.165, 1.54) is 36.1 Å². The zero-order chi connectivity index (χ0) is 9.38. The zero-order valence-electron chi connectivity index (χ0n) is 8.16. The Balaban J connectivity index is 1.87. The van der Waals surface area contributed by atoms with Crippen molar-refractivity contribution in [2.75, 3.05) is 6.54 Å². The van der Waals surface area contributed by atoms with Crippen LogP contribution in [0.4, 0.5) is 0 Å². The molecule has 1 aromatic rings. The fourth-order valence-corrected chi connectivity index (χ4v) is 2.34. The Morgan fingerprint density at radius 1 is 1.14 bits per heavy atom. The lowest BCUT2D eigenvalue weighted by molar-refractivity contribution is 0.702. The van der Waals surface area contributed by atoms with Crippen molar-refractivity contribution < 1.29 is 0 Å². The van der Waals surface area contributed by atoms with Crippen LogP contribution >= 0.6 is 0 Å². The third-order valence-corrected chi connectivity index (χ3v) is 3.10. The second kappa shape index (κ2) is 3.25. The first-order chi connectivity index (χ1) is 6.93. The van der Waals surface area contributed by atoms with E-state index in [-0.39, 0.29) is 0 Å². The molecular formula is C13H14N. The molecule has 1 atom stereocenters. The van der Waals surface area contributed by atoms with Crippen molar-refractivity contribution >= 4 is 6.08 Å². The summed E-state index contributed by atoms with van der Waals surface area (Å²) in [6, 6.07) is 9.19. The molecule has 1 aliphatic heterocycles. The van der Waals surface area contributed by atoms with Crippen molar-refractivity contribution in [3.63, 3.8) is 0 Å². The van der Waals surface area contributed by atoms with Crippen molar-refractivity contribution in [2.45, 2.75) is 18.9 Å². The number of nitrogens with one attached hydrogen (secondary N) is 1. The van der Waals surface area contributed by atoms with Gasteiger partial charge < -0.3 is 5.32 Å². The van der Waals surface area contributed by atoms with Crippen LogP contribution in [0, 0.1) is 6.42 Å². The van der Waals surface area contributed by atoms with Gasteiger partial charge in [0.25, 0.3) is 0 Å². The van der Waals surface area contributed by atoms with Crippen LogP contribution < -0.4 is 5.32 Å². The van der Waals surface area contributed by atoms with Gasteiger partial charge in [-0.2, -0.15) is 0 Å². The van der Waals surface area contributed by atoms with Crippen LogP contribution in [-0.4, -0.2) is 12.6 Å². The van der Waals surface area contributed by atoms with E-state index >= 15 is 0 Å². The maximum absolute atomic E-state index is 3.53. The molecule has 1 radical (unpaired) electrons. The third-order valence-electron chi connectivity index (χ3n) is 3.10. The van der Waals surface area contributed by atoms with Gasteiger partial charge in [0.1, 0.15) is 0 Å². The first kappa shape index (κ1) is 8.25. The lowest BCUT2D eigenvalue weighted by Gasteiger charge is -2.10. The van der Waals surface area contributed by atoms with Gasteiger partial charge in [0, 0.05) is 12.5 Å². The highest BCUT2D eigenvalue weighted by Crippen LogP contribution is 2.30. The van der Waals surface area contributed by atoms with E-state index in [2.05, 4.69) is 42.1 Å². The summed E-state index contributed by atoms with van der Waals surface area (Å²) in [5.41, 5.74) is 4.20. The van der Waals surface area contributed by atoms with Crippen LogP contribution in [0.15, 0.2) is 29.8 Å². The van der Waals surface area contributed by atoms with Gasteiger partial charge in [0.05, 0.1) is 0 Å². The molecule has 1 unspecified atom stereocenters. The van der Waals surface area contributed by atoms with Gasteiger partial charge in [0.15, 0.2) is 0 Å². The van der Waals surface area contributed by atoms with E-state index < -0.39 is 0 Å². The summed E-state index contributed by atoms with van der Waals surface area (Å²) >= 11 is 0. The van der Waals surface area contributed by atoms with Gasteiger partial charge in [0.2, 0.25) is 0 Å². The molecule has 0 aromatic heterocycles. The highest BCUT2D eigenvalue weighted by Gasteiger charge is 2.22. The molecule has 0 bridgehead atoms. The lowest BCUT2D eigenvalue weighted by Crippen LogP contribution is -2.22. The summed E-state index contributed by atoms with van der Waals surface area (Å²) in [5, 5.41) is 3.53. The summed E-state index contributed by atoms with van der Waals surface area (Å²) in [4.78, 5) is 0. The largest absolute Gasteiger partial charge is 0.310 e. The van der Waals surface area contributed by atoms with Crippen molar-refractivity contribution in [3.8, 4) is 0 Å². The minimum absolute atomic E-state index is 0.599. The summed E-state index contributed by atoms with van der Waals surface area (Å²) in [7, 11) is 0. The maximum Gasteiger partial charge on any atom is 0.0289 e. The quantitative estimate of drug-likeness (QED) is 0.706. The van der Waals surface area contributed by atoms with Gasteiger partial charge in [-0.1, -0.05) is 30.3 Å².